The van der Waals surface area contributed by atoms with E-state index in [0.29, 0.717) is 13.0 Å². The highest BCUT2D eigenvalue weighted by Crippen LogP contribution is 2.28. The van der Waals surface area contributed by atoms with Crippen LogP contribution in [0.1, 0.15) is 6.42 Å². The molecule has 0 radical (unpaired) electrons. The number of nitrogens with one attached hydrogen (secondary N) is 1. The van der Waals surface area contributed by atoms with E-state index in [1.165, 1.54) is 12.1 Å². The van der Waals surface area contributed by atoms with Crippen LogP contribution in [-0.2, 0) is 4.79 Å². The predicted molar refractivity (Wildman–Crippen MR) is 66.8 cm³/mol. The molecule has 1 heterocycles. The van der Waals surface area contributed by atoms with Crippen LogP contribution in [0.5, 0.6) is 5.75 Å². The van der Waals surface area contributed by atoms with Crippen molar-refractivity contribution in [2.24, 2.45) is 5.92 Å². The number of hydrogen-bond donors (Lipinski definition) is 2. The second-order valence-corrected chi connectivity index (χ2v) is 4.64. The normalized spacial score (nSPS) is 23.0. The van der Waals surface area contributed by atoms with Crippen molar-refractivity contribution in [1.82, 2.24) is 4.90 Å². The average molecular weight is 263 g/mol. The molecule has 0 aliphatic carbocycles. The number of nitriles is 1. The molecule has 0 saturated carbocycles. The van der Waals surface area contributed by atoms with Gasteiger partial charge in [0.1, 0.15) is 11.4 Å². The van der Waals surface area contributed by atoms with E-state index in [1.54, 1.807) is 11.9 Å². The molecule has 5 nitrogen and oxygen atoms in total. The summed E-state index contributed by atoms with van der Waals surface area (Å²) >= 11 is 0. The first-order valence-corrected chi connectivity index (χ1v) is 5.91. The van der Waals surface area contributed by atoms with E-state index in [0.717, 1.165) is 6.07 Å². The quantitative estimate of drug-likeness (QED) is 0.789. The number of carbonyl (C=O) groups excluding carboxylic acids is 1. The van der Waals surface area contributed by atoms with Crippen molar-refractivity contribution in [2.45, 2.75) is 12.5 Å². The second-order valence-electron chi connectivity index (χ2n) is 4.64. The van der Waals surface area contributed by atoms with E-state index >= 15 is 0 Å². The molecule has 2 atom stereocenters. The number of likely N-dealkylation sites (tertiary alicyclic amines) is 1. The number of benzene rings is 1. The van der Waals surface area contributed by atoms with Gasteiger partial charge in [0.25, 0.3) is 0 Å². The number of rotatable bonds is 2. The van der Waals surface area contributed by atoms with Gasteiger partial charge in [0.2, 0.25) is 5.91 Å². The first-order chi connectivity index (χ1) is 9.02. The van der Waals surface area contributed by atoms with Crippen molar-refractivity contribution in [3.63, 3.8) is 0 Å². The standard InChI is InChI=1S/C13H14FN3O2/c1-17-7-8(5-9(17)6-15)13(19)16-12-10(14)3-2-4-11(12)18/h2-4,8-9,18H,5,7H2,1H3,(H,16,19). The van der Waals surface area contributed by atoms with Gasteiger partial charge in [0.15, 0.2) is 5.82 Å². The Hall–Kier alpha value is -2.13. The average Bonchev–Trinajstić information content (AvgIpc) is 2.75. The molecular weight excluding hydrogens is 249 g/mol. The highest BCUT2D eigenvalue weighted by molar-refractivity contribution is 5.94. The van der Waals surface area contributed by atoms with Gasteiger partial charge in [-0.1, -0.05) is 6.07 Å². The van der Waals surface area contributed by atoms with E-state index in [1.807, 2.05) is 0 Å². The Morgan fingerprint density at radius 1 is 1.63 bits per heavy atom. The number of amides is 1. The largest absolute Gasteiger partial charge is 0.506 e. The third kappa shape index (κ3) is 2.66. The van der Waals surface area contributed by atoms with Gasteiger partial charge in [-0.25, -0.2) is 4.39 Å². The van der Waals surface area contributed by atoms with E-state index in [-0.39, 0.29) is 29.3 Å². The van der Waals surface area contributed by atoms with Crippen molar-refractivity contribution >= 4 is 11.6 Å². The van der Waals surface area contributed by atoms with Gasteiger partial charge in [0, 0.05) is 6.54 Å². The van der Waals surface area contributed by atoms with E-state index < -0.39 is 5.82 Å². The molecule has 1 saturated heterocycles. The topological polar surface area (TPSA) is 76.4 Å². The van der Waals surface area contributed by atoms with Gasteiger partial charge >= 0.3 is 0 Å². The van der Waals surface area contributed by atoms with Gasteiger partial charge in [-0.2, -0.15) is 5.26 Å². The fourth-order valence-corrected chi connectivity index (χ4v) is 2.20. The molecule has 1 aromatic carbocycles. The first kappa shape index (κ1) is 13.3. The molecule has 1 amide bonds. The molecule has 0 aromatic heterocycles. The Bertz CT molecular complexity index is 521. The molecule has 1 fully saturated rings. The molecule has 2 unspecified atom stereocenters. The summed E-state index contributed by atoms with van der Waals surface area (Å²) < 4.78 is 13.5. The van der Waals surface area contributed by atoms with Gasteiger partial charge in [-0.05, 0) is 25.6 Å². The SMILES string of the molecule is CN1CC(C(=O)Nc2c(O)cccc2F)CC1C#N. The molecule has 2 rings (SSSR count). The van der Waals surface area contributed by atoms with Gasteiger partial charge in [0.05, 0.1) is 18.0 Å². The number of carbonyl (C=O) groups is 1. The predicted octanol–water partition coefficient (Wildman–Crippen LogP) is 1.31. The maximum absolute atomic E-state index is 13.5. The van der Waals surface area contributed by atoms with Gasteiger partial charge in [-0.3, -0.25) is 9.69 Å². The fourth-order valence-electron chi connectivity index (χ4n) is 2.20. The molecule has 1 aliphatic heterocycles. The summed E-state index contributed by atoms with van der Waals surface area (Å²) in [6, 6.07) is 5.63. The van der Waals surface area contributed by atoms with E-state index in [2.05, 4.69) is 11.4 Å². The zero-order chi connectivity index (χ0) is 14.0. The van der Waals surface area contributed by atoms with E-state index in [4.69, 9.17) is 5.26 Å². The summed E-state index contributed by atoms with van der Waals surface area (Å²) in [6.07, 6.45) is 0.411. The molecule has 100 valence electrons. The first-order valence-electron chi connectivity index (χ1n) is 5.91. The lowest BCUT2D eigenvalue weighted by molar-refractivity contribution is -0.119. The highest BCUT2D eigenvalue weighted by Gasteiger charge is 2.34. The molecule has 6 heteroatoms. The van der Waals surface area contributed by atoms with Crippen molar-refractivity contribution in [3.05, 3.63) is 24.0 Å². The Labute approximate surface area is 110 Å². The molecule has 0 spiro atoms. The van der Waals surface area contributed by atoms with E-state index in [9.17, 15) is 14.3 Å². The Morgan fingerprint density at radius 3 is 2.95 bits per heavy atom. The molecule has 1 aromatic rings. The van der Waals surface area contributed by atoms with Gasteiger partial charge in [-0.15, -0.1) is 0 Å². The Kier molecular flexibility index (Phi) is 3.67. The second kappa shape index (κ2) is 5.24. The maximum Gasteiger partial charge on any atom is 0.229 e. The van der Waals surface area contributed by atoms with Crippen LogP contribution in [0, 0.1) is 23.1 Å². The summed E-state index contributed by atoms with van der Waals surface area (Å²) in [5.74, 6) is -1.76. The minimum absolute atomic E-state index is 0.212. The van der Waals surface area contributed by atoms with Crippen LogP contribution in [0.3, 0.4) is 0 Å². The number of hydrogen-bond acceptors (Lipinski definition) is 4. The lowest BCUT2D eigenvalue weighted by Gasteiger charge is -2.12. The smallest absolute Gasteiger partial charge is 0.229 e. The Morgan fingerprint density at radius 2 is 2.37 bits per heavy atom. The highest BCUT2D eigenvalue weighted by atomic mass is 19.1. The van der Waals surface area contributed by atoms with Crippen molar-refractivity contribution in [3.8, 4) is 11.8 Å². The van der Waals surface area contributed by atoms with Crippen LogP contribution in [0.25, 0.3) is 0 Å². The number of halogens is 1. The van der Waals surface area contributed by atoms with Crippen molar-refractivity contribution < 1.29 is 14.3 Å². The number of phenols is 1. The molecule has 0 bridgehead atoms. The third-order valence-electron chi connectivity index (χ3n) is 3.31. The van der Waals surface area contributed by atoms with Crippen LogP contribution >= 0.6 is 0 Å². The summed E-state index contributed by atoms with van der Waals surface area (Å²) in [4.78, 5) is 13.8. The third-order valence-corrected chi connectivity index (χ3v) is 3.31. The van der Waals surface area contributed by atoms with Gasteiger partial charge < -0.3 is 10.4 Å². The minimum atomic E-state index is -0.684. The summed E-state index contributed by atoms with van der Waals surface area (Å²) in [7, 11) is 1.77. The number of para-hydroxylation sites is 1. The summed E-state index contributed by atoms with van der Waals surface area (Å²) in [5.41, 5.74) is -0.212. The lowest BCUT2D eigenvalue weighted by Crippen LogP contribution is -2.26. The monoisotopic (exact) mass is 263 g/mol. The van der Waals surface area contributed by atoms with Crippen molar-refractivity contribution in [1.29, 1.82) is 5.26 Å². The Balaban J connectivity index is 2.09. The van der Waals surface area contributed by atoms with Crippen molar-refractivity contribution in [2.75, 3.05) is 18.9 Å². The zero-order valence-corrected chi connectivity index (χ0v) is 10.4. The van der Waals surface area contributed by atoms with Crippen LogP contribution in [-0.4, -0.2) is 35.5 Å². The molecule has 1 aliphatic rings. The number of aromatic hydroxyl groups is 1. The molecule has 19 heavy (non-hydrogen) atoms. The summed E-state index contributed by atoms with van der Waals surface area (Å²) in [6.45, 7) is 0.444. The summed E-state index contributed by atoms with van der Waals surface area (Å²) in [5, 5.41) is 20.8. The molecular formula is C13H14FN3O2. The minimum Gasteiger partial charge on any atom is -0.506 e. The lowest BCUT2D eigenvalue weighted by atomic mass is 10.1. The maximum atomic E-state index is 13.5. The fraction of sp³-hybridized carbons (Fsp3) is 0.385. The van der Waals surface area contributed by atoms with Crippen LogP contribution in [0.4, 0.5) is 10.1 Å². The zero-order valence-electron chi connectivity index (χ0n) is 10.4. The number of anilines is 1. The van der Waals surface area contributed by atoms with Crippen LogP contribution in [0.2, 0.25) is 0 Å². The number of nitrogens with zero attached hydrogens (tertiary/aromatic N) is 2. The van der Waals surface area contributed by atoms with Crippen LogP contribution < -0.4 is 5.32 Å². The van der Waals surface area contributed by atoms with Crippen LogP contribution in [0.15, 0.2) is 18.2 Å². The molecule has 2 N–H and O–H groups in total. The number of phenolic OH excluding ortho intramolecular Hbond substituents is 1.